The van der Waals surface area contributed by atoms with E-state index in [0.717, 1.165) is 4.47 Å². The Hall–Kier alpha value is -1.24. The Morgan fingerprint density at radius 2 is 1.95 bits per heavy atom. The minimum absolute atomic E-state index is 0.316. The van der Waals surface area contributed by atoms with Gasteiger partial charge < -0.3 is 15.8 Å². The zero-order chi connectivity index (χ0) is 15.6. The molecule has 0 spiro atoms. The minimum atomic E-state index is -0.347. The van der Waals surface area contributed by atoms with Crippen molar-refractivity contribution in [1.82, 2.24) is 0 Å². The van der Waals surface area contributed by atoms with Crippen LogP contribution in [0.25, 0.3) is 0 Å². The molecule has 0 radical (unpaired) electrons. The molecule has 0 saturated carbocycles. The summed E-state index contributed by atoms with van der Waals surface area (Å²) in [5.74, 6) is 0.257. The van der Waals surface area contributed by atoms with Crippen molar-refractivity contribution in [3.63, 3.8) is 0 Å². The van der Waals surface area contributed by atoms with Crippen LogP contribution in [0.4, 0.5) is 11.4 Å². The monoisotopic (exact) mass is 432 g/mol. The van der Waals surface area contributed by atoms with Gasteiger partial charge in [0.25, 0.3) is 5.91 Å². The van der Waals surface area contributed by atoms with Crippen LogP contribution in [0.15, 0.2) is 39.3 Å². The molecule has 2 aromatic carbocycles. The van der Waals surface area contributed by atoms with E-state index < -0.39 is 0 Å². The number of nitrogen functional groups attached to an aromatic ring is 1. The van der Waals surface area contributed by atoms with Crippen LogP contribution in [-0.4, -0.2) is 13.0 Å². The molecule has 0 aromatic heterocycles. The van der Waals surface area contributed by atoms with E-state index in [-0.39, 0.29) is 5.91 Å². The molecule has 0 heterocycles. The minimum Gasteiger partial charge on any atom is -0.495 e. The highest BCUT2D eigenvalue weighted by atomic mass is 79.9. The predicted molar refractivity (Wildman–Crippen MR) is 92.2 cm³/mol. The van der Waals surface area contributed by atoms with Crippen LogP contribution in [0.1, 0.15) is 10.4 Å². The Morgan fingerprint density at radius 1 is 1.24 bits per heavy atom. The van der Waals surface area contributed by atoms with E-state index in [4.69, 9.17) is 22.1 Å². The van der Waals surface area contributed by atoms with Crippen LogP contribution in [-0.2, 0) is 0 Å². The molecule has 3 N–H and O–H groups in total. The average molecular weight is 435 g/mol. The van der Waals surface area contributed by atoms with E-state index in [2.05, 4.69) is 37.2 Å². The van der Waals surface area contributed by atoms with Gasteiger partial charge in [0.2, 0.25) is 0 Å². The molecule has 1 amide bonds. The summed E-state index contributed by atoms with van der Waals surface area (Å²) in [4.78, 5) is 12.3. The molecule has 0 bridgehead atoms. The molecule has 0 aliphatic rings. The zero-order valence-electron chi connectivity index (χ0n) is 10.9. The number of carbonyl (C=O) groups excluding carboxylic acids is 1. The Bertz CT molecular complexity index is 708. The molecular formula is C14H11Br2ClN2O2. The molecule has 0 aliphatic carbocycles. The summed E-state index contributed by atoms with van der Waals surface area (Å²) >= 11 is 12.6. The van der Waals surface area contributed by atoms with E-state index in [1.54, 1.807) is 31.4 Å². The summed E-state index contributed by atoms with van der Waals surface area (Å²) in [7, 11) is 1.55. The molecule has 2 rings (SSSR count). The van der Waals surface area contributed by atoms with Crippen molar-refractivity contribution in [2.24, 2.45) is 0 Å². The van der Waals surface area contributed by atoms with Gasteiger partial charge in [0, 0.05) is 21.2 Å². The third kappa shape index (κ3) is 3.70. The van der Waals surface area contributed by atoms with Gasteiger partial charge in [-0.15, -0.1) is 0 Å². The first kappa shape index (κ1) is 16.1. The SMILES string of the molecule is COc1cc(NC(=O)c2cc(Cl)ccc2N)c(Br)cc1Br. The van der Waals surface area contributed by atoms with Crippen molar-refractivity contribution < 1.29 is 9.53 Å². The summed E-state index contributed by atoms with van der Waals surface area (Å²) in [6.45, 7) is 0. The second-order valence-electron chi connectivity index (χ2n) is 4.15. The molecule has 2 aromatic rings. The maximum atomic E-state index is 12.3. The van der Waals surface area contributed by atoms with Crippen LogP contribution < -0.4 is 15.8 Å². The Kier molecular flexibility index (Phi) is 5.13. The molecule has 0 unspecified atom stereocenters. The number of anilines is 2. The summed E-state index contributed by atoms with van der Waals surface area (Å²) in [6.07, 6.45) is 0. The lowest BCUT2D eigenvalue weighted by Crippen LogP contribution is -2.14. The summed E-state index contributed by atoms with van der Waals surface area (Å²) < 4.78 is 6.69. The zero-order valence-corrected chi connectivity index (χ0v) is 14.8. The van der Waals surface area contributed by atoms with Gasteiger partial charge in [0.05, 0.1) is 22.8 Å². The van der Waals surface area contributed by atoms with Crippen molar-refractivity contribution in [3.8, 4) is 5.75 Å². The van der Waals surface area contributed by atoms with Gasteiger partial charge in [0.15, 0.2) is 0 Å². The predicted octanol–water partition coefficient (Wildman–Crippen LogP) is 4.71. The number of ether oxygens (including phenoxy) is 1. The molecule has 0 aliphatic heterocycles. The number of nitrogens with one attached hydrogen (secondary N) is 1. The highest BCUT2D eigenvalue weighted by Gasteiger charge is 2.14. The lowest BCUT2D eigenvalue weighted by molar-refractivity contribution is 0.102. The third-order valence-electron chi connectivity index (χ3n) is 2.75. The molecule has 0 atom stereocenters. The van der Waals surface area contributed by atoms with Crippen LogP contribution in [0.5, 0.6) is 5.75 Å². The van der Waals surface area contributed by atoms with Crippen molar-refractivity contribution >= 4 is 60.7 Å². The number of benzene rings is 2. The first-order valence-electron chi connectivity index (χ1n) is 5.81. The highest BCUT2D eigenvalue weighted by molar-refractivity contribution is 9.11. The number of hydrogen-bond acceptors (Lipinski definition) is 3. The van der Waals surface area contributed by atoms with Crippen molar-refractivity contribution in [3.05, 3.63) is 49.9 Å². The normalized spacial score (nSPS) is 10.3. The molecule has 21 heavy (non-hydrogen) atoms. The first-order valence-corrected chi connectivity index (χ1v) is 7.78. The second-order valence-corrected chi connectivity index (χ2v) is 6.30. The maximum Gasteiger partial charge on any atom is 0.257 e. The number of carbonyl (C=O) groups is 1. The Labute approximate surface area is 143 Å². The van der Waals surface area contributed by atoms with Crippen LogP contribution in [0, 0.1) is 0 Å². The lowest BCUT2D eigenvalue weighted by atomic mass is 10.1. The fourth-order valence-electron chi connectivity index (χ4n) is 1.70. The Morgan fingerprint density at radius 3 is 2.62 bits per heavy atom. The van der Waals surface area contributed by atoms with Crippen LogP contribution >= 0.6 is 43.5 Å². The van der Waals surface area contributed by atoms with E-state index in [0.29, 0.717) is 32.2 Å². The fraction of sp³-hybridized carbons (Fsp3) is 0.0714. The van der Waals surface area contributed by atoms with Crippen molar-refractivity contribution in [2.45, 2.75) is 0 Å². The summed E-state index contributed by atoms with van der Waals surface area (Å²) in [5.41, 5.74) is 7.04. The number of rotatable bonds is 3. The van der Waals surface area contributed by atoms with E-state index >= 15 is 0 Å². The number of hydrogen-bond donors (Lipinski definition) is 2. The van der Waals surface area contributed by atoms with Gasteiger partial charge in [-0.05, 0) is 56.1 Å². The number of nitrogens with two attached hydrogens (primary N) is 1. The van der Waals surface area contributed by atoms with Gasteiger partial charge in [0.1, 0.15) is 5.75 Å². The van der Waals surface area contributed by atoms with Gasteiger partial charge in [-0.3, -0.25) is 4.79 Å². The largest absolute Gasteiger partial charge is 0.495 e. The van der Waals surface area contributed by atoms with E-state index in [9.17, 15) is 4.79 Å². The molecule has 110 valence electrons. The fourth-order valence-corrected chi connectivity index (χ4v) is 3.12. The summed E-state index contributed by atoms with van der Waals surface area (Å²) in [6, 6.07) is 8.24. The van der Waals surface area contributed by atoms with Gasteiger partial charge in [-0.2, -0.15) is 0 Å². The molecule has 7 heteroatoms. The average Bonchev–Trinajstić information content (AvgIpc) is 2.44. The number of methoxy groups -OCH3 is 1. The number of amides is 1. The standard InChI is InChI=1S/C14H11Br2ClN2O2/c1-21-13-6-12(9(15)5-10(13)16)19-14(20)8-4-7(17)2-3-11(8)18/h2-6H,18H2,1H3,(H,19,20). The van der Waals surface area contributed by atoms with E-state index in [1.807, 2.05) is 0 Å². The Balaban J connectivity index is 2.33. The van der Waals surface area contributed by atoms with Crippen LogP contribution in [0.3, 0.4) is 0 Å². The highest BCUT2D eigenvalue weighted by Crippen LogP contribution is 2.35. The van der Waals surface area contributed by atoms with Gasteiger partial charge in [-0.25, -0.2) is 0 Å². The molecule has 0 saturated heterocycles. The third-order valence-corrected chi connectivity index (χ3v) is 4.26. The van der Waals surface area contributed by atoms with Crippen LogP contribution in [0.2, 0.25) is 5.02 Å². The summed E-state index contributed by atoms with van der Waals surface area (Å²) in [5, 5.41) is 3.22. The topological polar surface area (TPSA) is 64.3 Å². The molecular weight excluding hydrogens is 423 g/mol. The van der Waals surface area contributed by atoms with Gasteiger partial charge >= 0.3 is 0 Å². The number of halogens is 3. The van der Waals surface area contributed by atoms with Crippen molar-refractivity contribution in [2.75, 3.05) is 18.2 Å². The van der Waals surface area contributed by atoms with Crippen molar-refractivity contribution in [1.29, 1.82) is 0 Å². The van der Waals surface area contributed by atoms with Gasteiger partial charge in [-0.1, -0.05) is 11.6 Å². The second kappa shape index (κ2) is 6.68. The quantitative estimate of drug-likeness (QED) is 0.688. The molecule has 4 nitrogen and oxygen atoms in total. The first-order chi connectivity index (χ1) is 9.92. The van der Waals surface area contributed by atoms with E-state index in [1.165, 1.54) is 6.07 Å². The lowest BCUT2D eigenvalue weighted by Gasteiger charge is -2.12. The smallest absolute Gasteiger partial charge is 0.257 e. The maximum absolute atomic E-state index is 12.3. The molecule has 0 fully saturated rings.